The van der Waals surface area contributed by atoms with Gasteiger partial charge in [-0.05, 0) is 30.3 Å². The van der Waals surface area contributed by atoms with Crippen molar-refractivity contribution in [2.24, 2.45) is 5.73 Å². The number of likely N-dealkylation sites (N-methyl/N-ethyl adjacent to an activating group) is 1. The second-order valence-electron chi connectivity index (χ2n) is 9.11. The standard InChI is InChI=1S/C28H31N5O5/c1-31-11-13-32(14-12-31)21-10-9-18(17-34)15-22(21)33-25(28(36)38-3)24(27(35)37-2)23(20(16-29)26(33)30)19-7-5-4-6-8-19/h4-10,15,23,34H,11-14,17,30H2,1-3H3. The number of esters is 2. The van der Waals surface area contributed by atoms with Gasteiger partial charge >= 0.3 is 11.9 Å². The lowest BCUT2D eigenvalue weighted by molar-refractivity contribution is -0.139. The highest BCUT2D eigenvalue weighted by atomic mass is 16.5. The van der Waals surface area contributed by atoms with Crippen LogP contribution < -0.4 is 15.5 Å². The van der Waals surface area contributed by atoms with Crippen LogP contribution in [0.2, 0.25) is 0 Å². The number of rotatable bonds is 6. The predicted molar refractivity (Wildman–Crippen MR) is 142 cm³/mol. The van der Waals surface area contributed by atoms with Gasteiger partial charge in [0, 0.05) is 26.2 Å². The summed E-state index contributed by atoms with van der Waals surface area (Å²) in [6.07, 6.45) is 0. The molecule has 10 nitrogen and oxygen atoms in total. The van der Waals surface area contributed by atoms with Crippen LogP contribution in [0, 0.1) is 11.3 Å². The number of benzene rings is 2. The molecule has 0 amide bonds. The number of nitriles is 1. The van der Waals surface area contributed by atoms with E-state index in [-0.39, 0.29) is 29.3 Å². The number of aliphatic hydroxyl groups excluding tert-OH is 1. The number of hydrogen-bond acceptors (Lipinski definition) is 10. The zero-order valence-corrected chi connectivity index (χ0v) is 21.7. The smallest absolute Gasteiger partial charge is 0.355 e. The molecule has 38 heavy (non-hydrogen) atoms. The number of aliphatic hydroxyl groups is 1. The van der Waals surface area contributed by atoms with Crippen LogP contribution in [0.4, 0.5) is 11.4 Å². The number of anilines is 2. The topological polar surface area (TPSA) is 132 Å². The lowest BCUT2D eigenvalue weighted by Gasteiger charge is -2.40. The third-order valence-corrected chi connectivity index (χ3v) is 6.92. The molecule has 10 heteroatoms. The quantitative estimate of drug-likeness (QED) is 0.547. The fraction of sp³-hybridized carbons (Fsp3) is 0.321. The summed E-state index contributed by atoms with van der Waals surface area (Å²) < 4.78 is 10.3. The van der Waals surface area contributed by atoms with E-state index in [1.807, 2.05) is 19.2 Å². The summed E-state index contributed by atoms with van der Waals surface area (Å²) in [6.45, 7) is 2.79. The Morgan fingerprint density at radius 1 is 1.03 bits per heavy atom. The van der Waals surface area contributed by atoms with Crippen LogP contribution in [0.3, 0.4) is 0 Å². The molecule has 4 rings (SSSR count). The molecule has 198 valence electrons. The van der Waals surface area contributed by atoms with Crippen molar-refractivity contribution >= 4 is 23.3 Å². The molecule has 1 saturated heterocycles. The van der Waals surface area contributed by atoms with Crippen LogP contribution in [0.1, 0.15) is 17.0 Å². The molecule has 2 heterocycles. The van der Waals surface area contributed by atoms with Gasteiger partial charge in [0.1, 0.15) is 11.5 Å². The second-order valence-corrected chi connectivity index (χ2v) is 9.11. The van der Waals surface area contributed by atoms with Crippen LogP contribution in [0.5, 0.6) is 0 Å². The predicted octanol–water partition coefficient (Wildman–Crippen LogP) is 1.83. The first-order valence-corrected chi connectivity index (χ1v) is 12.2. The van der Waals surface area contributed by atoms with Crippen molar-refractivity contribution in [2.75, 3.05) is 57.2 Å². The van der Waals surface area contributed by atoms with Gasteiger partial charge in [0.15, 0.2) is 0 Å². The summed E-state index contributed by atoms with van der Waals surface area (Å²) in [6, 6.07) is 16.4. The third kappa shape index (κ3) is 4.81. The van der Waals surface area contributed by atoms with Crippen LogP contribution in [-0.2, 0) is 25.7 Å². The van der Waals surface area contributed by atoms with Crippen molar-refractivity contribution in [3.8, 4) is 6.07 Å². The molecular weight excluding hydrogens is 486 g/mol. The van der Waals surface area contributed by atoms with Crippen LogP contribution >= 0.6 is 0 Å². The molecule has 0 aromatic heterocycles. The number of nitrogens with two attached hydrogens (primary N) is 1. The Morgan fingerprint density at radius 2 is 1.68 bits per heavy atom. The fourth-order valence-corrected chi connectivity index (χ4v) is 4.92. The van der Waals surface area contributed by atoms with Gasteiger partial charge in [0.25, 0.3) is 0 Å². The minimum Gasteiger partial charge on any atom is -0.466 e. The van der Waals surface area contributed by atoms with E-state index in [0.717, 1.165) is 18.8 Å². The fourth-order valence-electron chi connectivity index (χ4n) is 4.92. The number of piperazine rings is 1. The molecule has 1 unspecified atom stereocenters. The van der Waals surface area contributed by atoms with Crippen molar-refractivity contribution in [3.63, 3.8) is 0 Å². The van der Waals surface area contributed by atoms with Crippen LogP contribution in [0.15, 0.2) is 71.2 Å². The van der Waals surface area contributed by atoms with Gasteiger partial charge < -0.3 is 30.1 Å². The number of nitrogens with zero attached hydrogens (tertiary/aromatic N) is 4. The molecule has 1 fully saturated rings. The minimum atomic E-state index is -0.952. The molecule has 0 bridgehead atoms. The SMILES string of the molecule is COC(=O)C1=C(C(=O)OC)N(c2cc(CO)ccc2N2CCN(C)CC2)C(N)=C(C#N)C1c1ccccc1. The molecule has 0 saturated carbocycles. The largest absolute Gasteiger partial charge is 0.466 e. The minimum absolute atomic E-state index is 0.0140. The Bertz CT molecular complexity index is 1320. The van der Waals surface area contributed by atoms with Crippen molar-refractivity contribution in [3.05, 3.63) is 82.3 Å². The maximum absolute atomic E-state index is 13.4. The molecule has 0 spiro atoms. The Balaban J connectivity index is 2.04. The summed E-state index contributed by atoms with van der Waals surface area (Å²) in [5.41, 5.74) is 8.92. The lowest BCUT2D eigenvalue weighted by atomic mass is 9.81. The number of carbonyl (C=O) groups is 2. The van der Waals surface area contributed by atoms with Gasteiger partial charge in [-0.1, -0.05) is 36.4 Å². The van der Waals surface area contributed by atoms with E-state index in [9.17, 15) is 20.0 Å². The van der Waals surface area contributed by atoms with Gasteiger partial charge in [-0.25, -0.2) is 9.59 Å². The molecular formula is C28H31N5O5. The Labute approximate surface area is 221 Å². The normalized spacial score (nSPS) is 18.3. The zero-order valence-electron chi connectivity index (χ0n) is 21.7. The van der Waals surface area contributed by atoms with Gasteiger partial charge in [-0.2, -0.15) is 5.26 Å². The van der Waals surface area contributed by atoms with Crippen molar-refractivity contribution in [1.82, 2.24) is 4.90 Å². The highest BCUT2D eigenvalue weighted by Crippen LogP contribution is 2.45. The van der Waals surface area contributed by atoms with E-state index in [1.165, 1.54) is 19.1 Å². The number of methoxy groups -OCH3 is 2. The van der Waals surface area contributed by atoms with E-state index in [4.69, 9.17) is 15.2 Å². The Kier molecular flexibility index (Phi) is 8.00. The zero-order chi connectivity index (χ0) is 27.4. The molecule has 0 radical (unpaired) electrons. The molecule has 1 atom stereocenters. The Hall–Kier alpha value is -4.33. The summed E-state index contributed by atoms with van der Waals surface area (Å²) in [4.78, 5) is 32.5. The summed E-state index contributed by atoms with van der Waals surface area (Å²) in [5, 5.41) is 20.2. The molecule has 2 aliphatic rings. The van der Waals surface area contributed by atoms with E-state index in [0.29, 0.717) is 29.9 Å². The van der Waals surface area contributed by atoms with Crippen molar-refractivity contribution < 1.29 is 24.2 Å². The second kappa shape index (κ2) is 11.4. The van der Waals surface area contributed by atoms with Crippen LogP contribution in [-0.4, -0.2) is 69.4 Å². The molecule has 2 aliphatic heterocycles. The van der Waals surface area contributed by atoms with Crippen LogP contribution in [0.25, 0.3) is 0 Å². The van der Waals surface area contributed by atoms with E-state index in [1.54, 1.807) is 36.4 Å². The summed E-state index contributed by atoms with van der Waals surface area (Å²) in [7, 11) is 4.47. The molecule has 2 aromatic carbocycles. The van der Waals surface area contributed by atoms with E-state index in [2.05, 4.69) is 15.9 Å². The first-order valence-electron chi connectivity index (χ1n) is 12.2. The summed E-state index contributed by atoms with van der Waals surface area (Å²) in [5.74, 6) is -2.57. The molecule has 3 N–H and O–H groups in total. The summed E-state index contributed by atoms with van der Waals surface area (Å²) >= 11 is 0. The average molecular weight is 518 g/mol. The molecule has 2 aromatic rings. The lowest BCUT2D eigenvalue weighted by Crippen LogP contribution is -2.46. The maximum Gasteiger partial charge on any atom is 0.355 e. The maximum atomic E-state index is 13.4. The highest BCUT2D eigenvalue weighted by molar-refractivity contribution is 6.07. The molecule has 0 aliphatic carbocycles. The third-order valence-electron chi connectivity index (χ3n) is 6.92. The van der Waals surface area contributed by atoms with Gasteiger partial charge in [-0.3, -0.25) is 4.90 Å². The van der Waals surface area contributed by atoms with Gasteiger partial charge in [-0.15, -0.1) is 0 Å². The number of hydrogen-bond donors (Lipinski definition) is 2. The average Bonchev–Trinajstić information content (AvgIpc) is 2.96. The number of ether oxygens (including phenoxy) is 2. The van der Waals surface area contributed by atoms with E-state index >= 15 is 0 Å². The first kappa shape index (κ1) is 26.7. The van der Waals surface area contributed by atoms with Crippen molar-refractivity contribution in [2.45, 2.75) is 12.5 Å². The van der Waals surface area contributed by atoms with Crippen molar-refractivity contribution in [1.29, 1.82) is 5.26 Å². The van der Waals surface area contributed by atoms with Gasteiger partial charge in [0.2, 0.25) is 0 Å². The van der Waals surface area contributed by atoms with E-state index < -0.39 is 17.9 Å². The monoisotopic (exact) mass is 517 g/mol. The number of carbonyl (C=O) groups excluding carboxylic acids is 2. The number of allylic oxidation sites excluding steroid dienone is 1. The highest BCUT2D eigenvalue weighted by Gasteiger charge is 2.43. The van der Waals surface area contributed by atoms with Gasteiger partial charge in [0.05, 0.1) is 55.3 Å². The Morgan fingerprint density at radius 3 is 2.26 bits per heavy atom. The first-order chi connectivity index (χ1) is 18.4.